The second-order valence-electron chi connectivity index (χ2n) is 8.51. The molecular formula is C25H30N2O6. The Morgan fingerprint density at radius 3 is 2.48 bits per heavy atom. The first-order chi connectivity index (χ1) is 16.0. The summed E-state index contributed by atoms with van der Waals surface area (Å²) < 4.78 is 16.6. The Morgan fingerprint density at radius 2 is 1.85 bits per heavy atom. The monoisotopic (exact) mass is 454 g/mol. The van der Waals surface area contributed by atoms with Crippen molar-refractivity contribution in [1.82, 2.24) is 9.80 Å². The van der Waals surface area contributed by atoms with E-state index in [4.69, 9.17) is 13.9 Å². The number of hydrogen-bond donors (Lipinski definition) is 1. The maximum Gasteiger partial charge on any atom is 0.295 e. The number of carbonyl (C=O) groups is 2. The number of ether oxygens (including phenoxy) is 2. The minimum atomic E-state index is -0.767. The van der Waals surface area contributed by atoms with Crippen molar-refractivity contribution in [2.45, 2.75) is 32.4 Å². The van der Waals surface area contributed by atoms with Crippen LogP contribution in [0.15, 0.2) is 52.7 Å². The summed E-state index contributed by atoms with van der Waals surface area (Å²) in [6, 6.07) is 9.48. The van der Waals surface area contributed by atoms with Crippen LogP contribution in [0, 0.1) is 0 Å². The second-order valence-corrected chi connectivity index (χ2v) is 8.51. The lowest BCUT2D eigenvalue weighted by Gasteiger charge is -2.28. The van der Waals surface area contributed by atoms with Gasteiger partial charge < -0.3 is 23.9 Å². The summed E-state index contributed by atoms with van der Waals surface area (Å²) in [4.78, 5) is 29.7. The zero-order valence-electron chi connectivity index (χ0n) is 19.0. The van der Waals surface area contributed by atoms with Gasteiger partial charge in [0.05, 0.1) is 31.2 Å². The van der Waals surface area contributed by atoms with Crippen molar-refractivity contribution < 1.29 is 28.6 Å². The van der Waals surface area contributed by atoms with Gasteiger partial charge in [0.1, 0.15) is 23.3 Å². The molecule has 33 heavy (non-hydrogen) atoms. The Labute approximate surface area is 193 Å². The van der Waals surface area contributed by atoms with Crippen LogP contribution in [-0.4, -0.2) is 72.1 Å². The normalized spacial score (nSPS) is 21.2. The molecule has 0 radical (unpaired) electrons. The Balaban J connectivity index is 1.59. The summed E-state index contributed by atoms with van der Waals surface area (Å²) in [5.41, 5.74) is 0.479. The molecule has 2 aliphatic rings. The SMILES string of the molecule is CC(C)Oc1ccc(C(O)=C2C(=O)C(=O)N(CCCN3CCOCC3)C2c2ccco2)cc1. The molecule has 8 nitrogen and oxygen atoms in total. The van der Waals surface area contributed by atoms with Crippen molar-refractivity contribution in [3.05, 3.63) is 59.6 Å². The van der Waals surface area contributed by atoms with E-state index in [9.17, 15) is 14.7 Å². The van der Waals surface area contributed by atoms with Crippen LogP contribution in [-0.2, 0) is 14.3 Å². The lowest BCUT2D eigenvalue weighted by molar-refractivity contribution is -0.140. The van der Waals surface area contributed by atoms with Gasteiger partial charge in [0.2, 0.25) is 0 Å². The molecule has 0 spiro atoms. The molecule has 2 aliphatic heterocycles. The highest BCUT2D eigenvalue weighted by Gasteiger charge is 2.47. The third-order valence-electron chi connectivity index (χ3n) is 5.83. The highest BCUT2D eigenvalue weighted by Crippen LogP contribution is 2.39. The Morgan fingerprint density at radius 1 is 1.12 bits per heavy atom. The summed E-state index contributed by atoms with van der Waals surface area (Å²) in [7, 11) is 0. The zero-order valence-corrected chi connectivity index (χ0v) is 19.0. The molecule has 0 bridgehead atoms. The number of aliphatic hydroxyl groups is 1. The maximum absolute atomic E-state index is 13.0. The highest BCUT2D eigenvalue weighted by atomic mass is 16.5. The molecule has 1 aromatic carbocycles. The van der Waals surface area contributed by atoms with Crippen molar-refractivity contribution >= 4 is 17.4 Å². The number of aliphatic hydroxyl groups excluding tert-OH is 1. The van der Waals surface area contributed by atoms with Gasteiger partial charge in [-0.05, 0) is 56.7 Å². The molecule has 1 unspecified atom stereocenters. The van der Waals surface area contributed by atoms with Crippen molar-refractivity contribution in [2.24, 2.45) is 0 Å². The fraction of sp³-hybridized carbons (Fsp3) is 0.440. The van der Waals surface area contributed by atoms with Gasteiger partial charge in [0, 0.05) is 31.7 Å². The zero-order chi connectivity index (χ0) is 23.4. The Hall–Kier alpha value is -3.10. The number of benzene rings is 1. The van der Waals surface area contributed by atoms with Gasteiger partial charge in [-0.1, -0.05) is 0 Å². The van der Waals surface area contributed by atoms with E-state index in [1.165, 1.54) is 11.2 Å². The topological polar surface area (TPSA) is 92.5 Å². The molecule has 2 saturated heterocycles. The lowest BCUT2D eigenvalue weighted by atomic mass is 9.99. The molecule has 2 fully saturated rings. The molecule has 0 aliphatic carbocycles. The molecule has 3 heterocycles. The minimum Gasteiger partial charge on any atom is -0.507 e. The highest BCUT2D eigenvalue weighted by molar-refractivity contribution is 6.46. The number of nitrogens with zero attached hydrogens (tertiary/aromatic N) is 2. The third kappa shape index (κ3) is 5.12. The number of furan rings is 1. The van der Waals surface area contributed by atoms with Gasteiger partial charge in [-0.3, -0.25) is 14.5 Å². The van der Waals surface area contributed by atoms with Crippen molar-refractivity contribution in [1.29, 1.82) is 0 Å². The molecule has 1 N–H and O–H groups in total. The number of Topliss-reactive ketones (excluding diaryl/α,β-unsaturated/α-hetero) is 1. The molecule has 2 aromatic rings. The van der Waals surface area contributed by atoms with Crippen LogP contribution >= 0.6 is 0 Å². The molecule has 1 aromatic heterocycles. The standard InChI is InChI=1S/C25H30N2O6/c1-17(2)33-19-8-6-18(7-9-19)23(28)21-22(20-5-3-14-32-20)27(25(30)24(21)29)11-4-10-26-12-15-31-16-13-26/h3,5-9,14,17,22,28H,4,10-13,15-16H2,1-2H3. The van der Waals surface area contributed by atoms with Crippen LogP contribution in [0.1, 0.15) is 37.6 Å². The molecule has 4 rings (SSSR count). The fourth-order valence-electron chi connectivity index (χ4n) is 4.26. The Bertz CT molecular complexity index is 990. The van der Waals surface area contributed by atoms with Gasteiger partial charge in [0.25, 0.3) is 11.7 Å². The molecule has 0 saturated carbocycles. The van der Waals surface area contributed by atoms with Crippen LogP contribution in [0.2, 0.25) is 0 Å². The predicted octanol–water partition coefficient (Wildman–Crippen LogP) is 3.21. The number of rotatable bonds is 8. The lowest BCUT2D eigenvalue weighted by Crippen LogP contribution is -2.38. The van der Waals surface area contributed by atoms with Gasteiger partial charge in [-0.15, -0.1) is 0 Å². The molecule has 1 amide bonds. The van der Waals surface area contributed by atoms with E-state index in [-0.39, 0.29) is 17.4 Å². The third-order valence-corrected chi connectivity index (χ3v) is 5.83. The number of morpholine rings is 1. The van der Waals surface area contributed by atoms with E-state index in [1.54, 1.807) is 36.4 Å². The second kappa shape index (κ2) is 10.2. The first-order valence-electron chi connectivity index (χ1n) is 11.3. The first-order valence-corrected chi connectivity index (χ1v) is 11.3. The first kappa shape index (κ1) is 23.1. The van der Waals surface area contributed by atoms with E-state index in [1.807, 2.05) is 13.8 Å². The van der Waals surface area contributed by atoms with Gasteiger partial charge in [0.15, 0.2) is 0 Å². The molecule has 1 atom stereocenters. The number of carbonyl (C=O) groups excluding carboxylic acids is 2. The quantitative estimate of drug-likeness (QED) is 0.372. The Kier molecular flexibility index (Phi) is 7.15. The van der Waals surface area contributed by atoms with Crippen LogP contribution in [0.25, 0.3) is 5.76 Å². The van der Waals surface area contributed by atoms with E-state index in [0.29, 0.717) is 43.3 Å². The summed E-state index contributed by atoms with van der Waals surface area (Å²) in [6.07, 6.45) is 2.22. The van der Waals surface area contributed by atoms with Crippen molar-refractivity contribution in [2.75, 3.05) is 39.4 Å². The average Bonchev–Trinajstić information content (AvgIpc) is 3.42. The number of hydrogen-bond acceptors (Lipinski definition) is 7. The summed E-state index contributed by atoms with van der Waals surface area (Å²) >= 11 is 0. The molecular weight excluding hydrogens is 424 g/mol. The van der Waals surface area contributed by atoms with Crippen LogP contribution in [0.3, 0.4) is 0 Å². The van der Waals surface area contributed by atoms with E-state index in [0.717, 1.165) is 19.6 Å². The number of likely N-dealkylation sites (tertiary alicyclic amines) is 1. The van der Waals surface area contributed by atoms with Gasteiger partial charge in [-0.25, -0.2) is 0 Å². The van der Waals surface area contributed by atoms with Crippen LogP contribution in [0.4, 0.5) is 0 Å². The van der Waals surface area contributed by atoms with Gasteiger partial charge >= 0.3 is 0 Å². The van der Waals surface area contributed by atoms with Crippen molar-refractivity contribution in [3.8, 4) is 5.75 Å². The molecule has 8 heteroatoms. The van der Waals surface area contributed by atoms with E-state index < -0.39 is 17.7 Å². The van der Waals surface area contributed by atoms with Crippen molar-refractivity contribution in [3.63, 3.8) is 0 Å². The smallest absolute Gasteiger partial charge is 0.295 e. The van der Waals surface area contributed by atoms with E-state index in [2.05, 4.69) is 4.90 Å². The van der Waals surface area contributed by atoms with E-state index >= 15 is 0 Å². The molecule has 176 valence electrons. The summed E-state index contributed by atoms with van der Waals surface area (Å²) in [6.45, 7) is 8.17. The van der Waals surface area contributed by atoms with Gasteiger partial charge in [-0.2, -0.15) is 0 Å². The van der Waals surface area contributed by atoms with Crippen LogP contribution < -0.4 is 4.74 Å². The maximum atomic E-state index is 13.0. The van der Waals surface area contributed by atoms with Crippen LogP contribution in [0.5, 0.6) is 5.75 Å². The fourth-order valence-corrected chi connectivity index (χ4v) is 4.26. The largest absolute Gasteiger partial charge is 0.507 e. The number of ketones is 1. The predicted molar refractivity (Wildman–Crippen MR) is 122 cm³/mol. The number of amides is 1. The summed E-state index contributed by atoms with van der Waals surface area (Å²) in [5, 5.41) is 11.1. The average molecular weight is 455 g/mol. The summed E-state index contributed by atoms with van der Waals surface area (Å²) in [5.74, 6) is -0.446. The minimum absolute atomic E-state index is 0.0196.